The number of nitrogens with zero attached hydrogens (tertiary/aromatic N) is 2. The number of carbonyl (C=O) groups is 1. The lowest BCUT2D eigenvalue weighted by atomic mass is 10.1. The van der Waals surface area contributed by atoms with Crippen LogP contribution in [0.15, 0.2) is 73.1 Å². The van der Waals surface area contributed by atoms with Crippen LogP contribution < -0.4 is 4.90 Å². The summed E-state index contributed by atoms with van der Waals surface area (Å²) in [6.07, 6.45) is 3.97. The number of benzene rings is 2. The number of para-hydroxylation sites is 1. The van der Waals surface area contributed by atoms with Crippen LogP contribution in [0.2, 0.25) is 0 Å². The maximum absolute atomic E-state index is 12.1. The van der Waals surface area contributed by atoms with E-state index in [4.69, 9.17) is 0 Å². The van der Waals surface area contributed by atoms with Gasteiger partial charge in [0.05, 0.1) is 13.2 Å². The number of carbonyl (C=O) groups excluding carboxylic acids is 1. The Bertz CT molecular complexity index is 613. The van der Waals surface area contributed by atoms with Gasteiger partial charge in [0.15, 0.2) is 5.78 Å². The van der Waals surface area contributed by atoms with E-state index in [-0.39, 0.29) is 18.2 Å². The van der Waals surface area contributed by atoms with Crippen LogP contribution in [0.1, 0.15) is 10.4 Å². The van der Waals surface area contributed by atoms with E-state index in [0.29, 0.717) is 13.2 Å². The first kappa shape index (κ1) is 15.1. The fourth-order valence-electron chi connectivity index (χ4n) is 2.25. The molecule has 0 amide bonds. The average Bonchev–Trinajstić information content (AvgIpc) is 2.97. The third-order valence-electron chi connectivity index (χ3n) is 3.32. The fraction of sp³-hybridized carbons (Fsp3) is 0.118. The Balaban J connectivity index is 0.00000161. The number of rotatable bonds is 4. The Labute approximate surface area is 130 Å². The molecule has 21 heavy (non-hydrogen) atoms. The molecule has 4 heteroatoms. The summed E-state index contributed by atoms with van der Waals surface area (Å²) in [6.45, 7) is 1.12. The molecule has 0 aliphatic carbocycles. The first-order valence-corrected chi connectivity index (χ1v) is 6.65. The second-order valence-corrected chi connectivity index (χ2v) is 4.78. The second-order valence-electron chi connectivity index (χ2n) is 4.78. The minimum Gasteiger partial charge on any atom is -0.351 e. The van der Waals surface area contributed by atoms with Crippen LogP contribution in [0.25, 0.3) is 0 Å². The van der Waals surface area contributed by atoms with Gasteiger partial charge in [-0.3, -0.25) is 4.79 Å². The number of halogens is 1. The number of Topliss-reactive ketones (excluding diaryl/α,β-unsaturated/α-hetero) is 1. The lowest BCUT2D eigenvalue weighted by Gasteiger charge is -2.20. The molecule has 3 nitrogen and oxygen atoms in total. The predicted molar refractivity (Wildman–Crippen MR) is 87.7 cm³/mol. The normalized spacial score (nSPS) is 13.1. The van der Waals surface area contributed by atoms with Crippen LogP contribution in [0.3, 0.4) is 0 Å². The van der Waals surface area contributed by atoms with Gasteiger partial charge in [-0.1, -0.05) is 48.5 Å². The first-order chi connectivity index (χ1) is 9.83. The van der Waals surface area contributed by atoms with Crippen molar-refractivity contribution in [3.05, 3.63) is 78.6 Å². The van der Waals surface area contributed by atoms with Crippen LogP contribution in [-0.4, -0.2) is 23.9 Å². The molecule has 0 radical (unpaired) electrons. The summed E-state index contributed by atoms with van der Waals surface area (Å²) >= 11 is 0. The minimum absolute atomic E-state index is 0. The van der Waals surface area contributed by atoms with Crippen LogP contribution in [0.5, 0.6) is 0 Å². The molecule has 1 aliphatic heterocycles. The summed E-state index contributed by atoms with van der Waals surface area (Å²) in [7, 11) is 0. The number of hydrogen-bond donors (Lipinski definition) is 0. The zero-order valence-corrected chi connectivity index (χ0v) is 12.4. The molecule has 0 spiro atoms. The molecule has 0 N–H and O–H groups in total. The van der Waals surface area contributed by atoms with E-state index in [2.05, 4.69) is 17.0 Å². The van der Waals surface area contributed by atoms with Crippen LogP contribution in [-0.2, 0) is 0 Å². The summed E-state index contributed by atoms with van der Waals surface area (Å²) < 4.78 is 0. The second kappa shape index (κ2) is 6.95. The van der Waals surface area contributed by atoms with Crippen LogP contribution in [0, 0.1) is 0 Å². The Hall–Kier alpha value is -2.26. The maximum Gasteiger partial charge on any atom is 0.182 e. The predicted octanol–water partition coefficient (Wildman–Crippen LogP) is 3.54. The smallest absolute Gasteiger partial charge is 0.182 e. The van der Waals surface area contributed by atoms with Crippen LogP contribution >= 0.6 is 12.4 Å². The van der Waals surface area contributed by atoms with E-state index < -0.39 is 0 Å². The van der Waals surface area contributed by atoms with Gasteiger partial charge in [-0.05, 0) is 12.1 Å². The Kier molecular flexibility index (Phi) is 5.01. The van der Waals surface area contributed by atoms with Gasteiger partial charge < -0.3 is 9.80 Å². The standard InChI is InChI=1S/C17H16N2O.ClH/c20-17(15-7-3-1-4-8-15)13-18-11-12-19(14-18)16-9-5-2-6-10-16;/h1-12H,13-14H2;1H. The third kappa shape index (κ3) is 3.64. The van der Waals surface area contributed by atoms with E-state index in [9.17, 15) is 4.79 Å². The third-order valence-corrected chi connectivity index (χ3v) is 3.32. The van der Waals surface area contributed by atoms with Gasteiger partial charge in [0, 0.05) is 23.7 Å². The number of hydrogen-bond acceptors (Lipinski definition) is 3. The van der Waals surface area contributed by atoms with E-state index >= 15 is 0 Å². The van der Waals surface area contributed by atoms with E-state index in [0.717, 1.165) is 11.3 Å². The molecule has 1 aliphatic rings. The molecule has 3 rings (SSSR count). The van der Waals surface area contributed by atoms with E-state index in [1.807, 2.05) is 65.8 Å². The van der Waals surface area contributed by atoms with Gasteiger partial charge in [0.25, 0.3) is 0 Å². The van der Waals surface area contributed by atoms with Crippen molar-refractivity contribution in [2.45, 2.75) is 0 Å². The van der Waals surface area contributed by atoms with E-state index in [1.165, 1.54) is 0 Å². The summed E-state index contributed by atoms with van der Waals surface area (Å²) in [4.78, 5) is 16.3. The molecule has 108 valence electrons. The zero-order valence-electron chi connectivity index (χ0n) is 11.6. The van der Waals surface area contributed by atoms with Crippen molar-refractivity contribution in [3.8, 4) is 0 Å². The maximum atomic E-state index is 12.1. The molecule has 0 bridgehead atoms. The molecule has 0 saturated heterocycles. The molecule has 0 unspecified atom stereocenters. The zero-order chi connectivity index (χ0) is 13.8. The quantitative estimate of drug-likeness (QED) is 0.807. The molecule has 0 fully saturated rings. The molecule has 0 aromatic heterocycles. The van der Waals surface area contributed by atoms with Gasteiger partial charge in [-0.2, -0.15) is 0 Å². The monoisotopic (exact) mass is 300 g/mol. The molecule has 2 aromatic carbocycles. The molecule has 0 atom stereocenters. The minimum atomic E-state index is 0. The Morgan fingerprint density at radius 1 is 0.905 bits per heavy atom. The molecule has 2 aromatic rings. The van der Waals surface area contributed by atoms with Gasteiger partial charge in [0.1, 0.15) is 0 Å². The summed E-state index contributed by atoms with van der Waals surface area (Å²) in [5.41, 5.74) is 1.90. The van der Waals surface area contributed by atoms with Crippen molar-refractivity contribution in [2.75, 3.05) is 18.1 Å². The van der Waals surface area contributed by atoms with Gasteiger partial charge in [0.2, 0.25) is 0 Å². The SMILES string of the molecule is Cl.O=C(CN1C=CN(c2ccccc2)C1)c1ccccc1. The van der Waals surface area contributed by atoms with Gasteiger partial charge in [-0.15, -0.1) is 12.4 Å². The number of ketones is 1. The van der Waals surface area contributed by atoms with Crippen molar-refractivity contribution < 1.29 is 4.79 Å². The van der Waals surface area contributed by atoms with Crippen molar-refractivity contribution in [3.63, 3.8) is 0 Å². The van der Waals surface area contributed by atoms with E-state index in [1.54, 1.807) is 0 Å². The average molecular weight is 301 g/mol. The molecule has 1 heterocycles. The largest absolute Gasteiger partial charge is 0.351 e. The highest BCUT2D eigenvalue weighted by Gasteiger charge is 2.16. The molecule has 0 saturated carbocycles. The van der Waals surface area contributed by atoms with Crippen LogP contribution in [0.4, 0.5) is 5.69 Å². The van der Waals surface area contributed by atoms with Crippen molar-refractivity contribution in [2.24, 2.45) is 0 Å². The van der Waals surface area contributed by atoms with Gasteiger partial charge >= 0.3 is 0 Å². The first-order valence-electron chi connectivity index (χ1n) is 6.65. The Morgan fingerprint density at radius 2 is 1.52 bits per heavy atom. The fourth-order valence-corrected chi connectivity index (χ4v) is 2.25. The summed E-state index contributed by atoms with van der Waals surface area (Å²) in [5, 5.41) is 0. The van der Waals surface area contributed by atoms with Crippen molar-refractivity contribution >= 4 is 23.9 Å². The van der Waals surface area contributed by atoms with Gasteiger partial charge in [-0.25, -0.2) is 0 Å². The lowest BCUT2D eigenvalue weighted by Crippen LogP contribution is -2.29. The summed E-state index contributed by atoms with van der Waals surface area (Å²) in [6, 6.07) is 19.6. The van der Waals surface area contributed by atoms with Crippen molar-refractivity contribution in [1.29, 1.82) is 0 Å². The lowest BCUT2D eigenvalue weighted by molar-refractivity contribution is 0.0959. The highest BCUT2D eigenvalue weighted by Crippen LogP contribution is 2.18. The highest BCUT2D eigenvalue weighted by molar-refractivity contribution is 5.97. The summed E-state index contributed by atoms with van der Waals surface area (Å²) in [5.74, 6) is 0.144. The highest BCUT2D eigenvalue weighted by atomic mass is 35.5. The Morgan fingerprint density at radius 3 is 2.19 bits per heavy atom. The number of anilines is 1. The molecular formula is C17H17ClN2O. The topological polar surface area (TPSA) is 23.6 Å². The molecular weight excluding hydrogens is 284 g/mol. The van der Waals surface area contributed by atoms with Crippen molar-refractivity contribution in [1.82, 2.24) is 4.90 Å².